The molecular weight excluding hydrogens is 345 g/mol. The first-order chi connectivity index (χ1) is 12.4. The smallest absolute Gasteiger partial charge is 0.257 e. The highest BCUT2D eigenvalue weighted by Gasteiger charge is 2.26. The molecule has 0 aliphatic carbocycles. The topological polar surface area (TPSA) is 40.6 Å². The Labute approximate surface area is 148 Å². The summed E-state index contributed by atoms with van der Waals surface area (Å²) in [6.07, 6.45) is 0. The minimum atomic E-state index is -1.16. The molecule has 7 heteroatoms. The van der Waals surface area contributed by atoms with Crippen molar-refractivity contribution < 1.29 is 22.8 Å². The van der Waals surface area contributed by atoms with Gasteiger partial charge in [-0.1, -0.05) is 6.07 Å². The number of carbonyl (C=O) groups is 2. The molecule has 1 aliphatic heterocycles. The van der Waals surface area contributed by atoms with Crippen molar-refractivity contribution in [2.75, 3.05) is 31.1 Å². The molecule has 3 rings (SSSR count). The summed E-state index contributed by atoms with van der Waals surface area (Å²) in [5.74, 6) is -3.54. The molecule has 1 aliphatic rings. The highest BCUT2D eigenvalue weighted by Crippen LogP contribution is 2.23. The van der Waals surface area contributed by atoms with E-state index in [1.54, 1.807) is 11.0 Å². The summed E-state index contributed by atoms with van der Waals surface area (Å²) >= 11 is 0. The van der Waals surface area contributed by atoms with Crippen molar-refractivity contribution in [2.24, 2.45) is 0 Å². The normalized spacial score (nSPS) is 14.5. The van der Waals surface area contributed by atoms with Crippen LogP contribution in [0, 0.1) is 17.5 Å². The second-order valence-electron chi connectivity index (χ2n) is 6.10. The van der Waals surface area contributed by atoms with Crippen LogP contribution in [0.25, 0.3) is 0 Å². The third-order valence-corrected chi connectivity index (χ3v) is 4.44. The van der Waals surface area contributed by atoms with Crippen molar-refractivity contribution in [3.8, 4) is 0 Å². The SMILES string of the molecule is CC(=O)c1ccc(N2CCN(C(=O)c3cccc(F)c3F)CC2)c(F)c1. The standard InChI is InChI=1S/C19H17F3N2O2/c1-12(25)13-5-6-17(16(21)11-13)23-7-9-24(10-8-23)19(26)14-3-2-4-15(20)18(14)22/h2-6,11H,7-10H2,1H3. The number of benzene rings is 2. The molecule has 1 saturated heterocycles. The molecule has 0 unspecified atom stereocenters. The minimum Gasteiger partial charge on any atom is -0.366 e. The predicted molar refractivity (Wildman–Crippen MR) is 90.9 cm³/mol. The summed E-state index contributed by atoms with van der Waals surface area (Å²) in [6.45, 7) is 2.56. The molecule has 2 aromatic carbocycles. The molecule has 1 amide bonds. The van der Waals surface area contributed by atoms with Gasteiger partial charge in [-0.15, -0.1) is 0 Å². The molecular formula is C19H17F3N2O2. The summed E-state index contributed by atoms with van der Waals surface area (Å²) < 4.78 is 41.3. The highest BCUT2D eigenvalue weighted by molar-refractivity contribution is 5.95. The first-order valence-corrected chi connectivity index (χ1v) is 8.17. The van der Waals surface area contributed by atoms with Crippen molar-refractivity contribution in [3.05, 3.63) is 65.0 Å². The van der Waals surface area contributed by atoms with Gasteiger partial charge in [-0.25, -0.2) is 13.2 Å². The lowest BCUT2D eigenvalue weighted by molar-refractivity contribution is 0.0740. The lowest BCUT2D eigenvalue weighted by Gasteiger charge is -2.36. The van der Waals surface area contributed by atoms with Gasteiger partial charge in [-0.2, -0.15) is 0 Å². The molecule has 0 spiro atoms. The number of hydrogen-bond donors (Lipinski definition) is 0. The molecule has 26 heavy (non-hydrogen) atoms. The second kappa shape index (κ2) is 7.19. The molecule has 1 fully saturated rings. The lowest BCUT2D eigenvalue weighted by Crippen LogP contribution is -2.49. The molecule has 0 bridgehead atoms. The monoisotopic (exact) mass is 362 g/mol. The van der Waals surface area contributed by atoms with Gasteiger partial charge < -0.3 is 9.80 Å². The van der Waals surface area contributed by atoms with Crippen LogP contribution < -0.4 is 4.90 Å². The van der Waals surface area contributed by atoms with Crippen LogP contribution in [0.1, 0.15) is 27.6 Å². The third kappa shape index (κ3) is 3.42. The minimum absolute atomic E-state index is 0.219. The summed E-state index contributed by atoms with van der Waals surface area (Å²) in [5.41, 5.74) is 0.330. The van der Waals surface area contributed by atoms with Crippen molar-refractivity contribution >= 4 is 17.4 Å². The number of hydrogen-bond acceptors (Lipinski definition) is 3. The first-order valence-electron chi connectivity index (χ1n) is 8.17. The summed E-state index contributed by atoms with van der Waals surface area (Å²) in [7, 11) is 0. The number of halogens is 3. The van der Waals surface area contributed by atoms with E-state index in [1.807, 2.05) is 0 Å². The van der Waals surface area contributed by atoms with Crippen LogP contribution >= 0.6 is 0 Å². The Bertz CT molecular complexity index is 862. The quantitative estimate of drug-likeness (QED) is 0.787. The van der Waals surface area contributed by atoms with E-state index in [4.69, 9.17) is 0 Å². The van der Waals surface area contributed by atoms with Gasteiger partial charge in [0, 0.05) is 31.7 Å². The Morgan fingerprint density at radius 3 is 2.23 bits per heavy atom. The molecule has 0 N–H and O–H groups in total. The van der Waals surface area contributed by atoms with Crippen LogP contribution in [0.5, 0.6) is 0 Å². The van der Waals surface area contributed by atoms with E-state index in [9.17, 15) is 22.8 Å². The average molecular weight is 362 g/mol. The van der Waals surface area contributed by atoms with E-state index >= 15 is 0 Å². The predicted octanol–water partition coefficient (Wildman–Crippen LogP) is 3.27. The Morgan fingerprint density at radius 1 is 0.923 bits per heavy atom. The van der Waals surface area contributed by atoms with Gasteiger partial charge in [0.1, 0.15) is 5.82 Å². The third-order valence-electron chi connectivity index (χ3n) is 4.44. The molecule has 0 aromatic heterocycles. The Hall–Kier alpha value is -2.83. The summed E-state index contributed by atoms with van der Waals surface area (Å²) in [5, 5.41) is 0. The number of piperazine rings is 1. The maximum absolute atomic E-state index is 14.2. The van der Waals surface area contributed by atoms with E-state index in [1.165, 1.54) is 36.1 Å². The van der Waals surface area contributed by atoms with Crippen LogP contribution in [0.4, 0.5) is 18.9 Å². The number of anilines is 1. The zero-order valence-electron chi connectivity index (χ0n) is 14.1. The van der Waals surface area contributed by atoms with E-state index in [0.29, 0.717) is 24.3 Å². The van der Waals surface area contributed by atoms with Crippen LogP contribution in [-0.2, 0) is 0 Å². The van der Waals surface area contributed by atoms with Crippen molar-refractivity contribution in [1.82, 2.24) is 4.90 Å². The number of nitrogens with zero attached hydrogens (tertiary/aromatic N) is 2. The van der Waals surface area contributed by atoms with E-state index < -0.39 is 23.4 Å². The molecule has 4 nitrogen and oxygen atoms in total. The number of rotatable bonds is 3. The van der Waals surface area contributed by atoms with Crippen LogP contribution in [0.2, 0.25) is 0 Å². The van der Waals surface area contributed by atoms with E-state index in [2.05, 4.69) is 0 Å². The second-order valence-corrected chi connectivity index (χ2v) is 6.10. The zero-order valence-corrected chi connectivity index (χ0v) is 14.1. The first kappa shape index (κ1) is 18.0. The van der Waals surface area contributed by atoms with Gasteiger partial charge in [0.25, 0.3) is 5.91 Å². The molecule has 1 heterocycles. The maximum atomic E-state index is 14.2. The molecule has 0 saturated carbocycles. The van der Waals surface area contributed by atoms with Crippen LogP contribution in [0.15, 0.2) is 36.4 Å². The lowest BCUT2D eigenvalue weighted by atomic mass is 10.1. The molecule has 136 valence electrons. The fourth-order valence-corrected chi connectivity index (χ4v) is 2.97. The van der Waals surface area contributed by atoms with Gasteiger partial charge in [0.05, 0.1) is 11.3 Å². The number of carbonyl (C=O) groups excluding carboxylic acids is 2. The average Bonchev–Trinajstić information content (AvgIpc) is 2.63. The fourth-order valence-electron chi connectivity index (χ4n) is 2.97. The van der Waals surface area contributed by atoms with Gasteiger partial charge in [0.2, 0.25) is 0 Å². The largest absolute Gasteiger partial charge is 0.366 e. The van der Waals surface area contributed by atoms with Gasteiger partial charge in [0.15, 0.2) is 17.4 Å². The van der Waals surface area contributed by atoms with E-state index in [-0.39, 0.29) is 24.4 Å². The van der Waals surface area contributed by atoms with E-state index in [0.717, 1.165) is 6.07 Å². The van der Waals surface area contributed by atoms with Crippen molar-refractivity contribution in [3.63, 3.8) is 0 Å². The summed E-state index contributed by atoms with van der Waals surface area (Å²) in [4.78, 5) is 26.9. The Balaban J connectivity index is 1.70. The number of amides is 1. The number of ketones is 1. The van der Waals surface area contributed by atoms with Gasteiger partial charge in [-0.3, -0.25) is 9.59 Å². The van der Waals surface area contributed by atoms with Crippen molar-refractivity contribution in [2.45, 2.75) is 6.92 Å². The molecule has 0 atom stereocenters. The van der Waals surface area contributed by atoms with Gasteiger partial charge >= 0.3 is 0 Å². The number of Topliss-reactive ketones (excluding diaryl/α,β-unsaturated/α-hetero) is 1. The van der Waals surface area contributed by atoms with Crippen LogP contribution in [-0.4, -0.2) is 42.8 Å². The zero-order chi connectivity index (χ0) is 18.8. The summed E-state index contributed by atoms with van der Waals surface area (Å²) in [6, 6.07) is 7.77. The Morgan fingerprint density at radius 2 is 1.62 bits per heavy atom. The molecule has 0 radical (unpaired) electrons. The highest BCUT2D eigenvalue weighted by atomic mass is 19.2. The maximum Gasteiger partial charge on any atom is 0.257 e. The molecule has 2 aromatic rings. The fraction of sp³-hybridized carbons (Fsp3) is 0.263. The van der Waals surface area contributed by atoms with Crippen LogP contribution in [0.3, 0.4) is 0 Å². The Kier molecular flexibility index (Phi) is 4.97. The van der Waals surface area contributed by atoms with Gasteiger partial charge in [-0.05, 0) is 37.3 Å². The van der Waals surface area contributed by atoms with Crippen molar-refractivity contribution in [1.29, 1.82) is 0 Å².